The first kappa shape index (κ1) is 19.0. The average Bonchev–Trinajstić information content (AvgIpc) is 2.97. The lowest BCUT2D eigenvalue weighted by Gasteiger charge is -2.45. The van der Waals surface area contributed by atoms with E-state index >= 15 is 0 Å². The van der Waals surface area contributed by atoms with Crippen LogP contribution in [0.25, 0.3) is 0 Å². The maximum Gasteiger partial charge on any atom is 0.223 e. The van der Waals surface area contributed by atoms with E-state index in [0.29, 0.717) is 19.5 Å². The highest BCUT2D eigenvalue weighted by molar-refractivity contribution is 5.79. The van der Waals surface area contributed by atoms with Crippen molar-refractivity contribution in [2.45, 2.75) is 51.2 Å². The van der Waals surface area contributed by atoms with Crippen LogP contribution < -0.4 is 0 Å². The minimum atomic E-state index is -0.814. The van der Waals surface area contributed by atoms with Gasteiger partial charge in [0.15, 0.2) is 11.6 Å². The molecular formula is C22H25F2N3O. The number of hydrogen-bond acceptors (Lipinski definition) is 3. The maximum atomic E-state index is 13.5. The van der Waals surface area contributed by atoms with Crippen LogP contribution in [0.4, 0.5) is 8.78 Å². The van der Waals surface area contributed by atoms with Crippen LogP contribution in [0.5, 0.6) is 0 Å². The SMILES string of the molecule is Cc1cccc(CN2C(=O)CCC23CCN(Cc2ccc(F)c(F)c2)CC3)n1. The van der Waals surface area contributed by atoms with Crippen LogP contribution in [0.3, 0.4) is 0 Å². The topological polar surface area (TPSA) is 36.4 Å². The van der Waals surface area contributed by atoms with Crippen LogP contribution in [0.2, 0.25) is 0 Å². The first-order chi connectivity index (χ1) is 13.4. The van der Waals surface area contributed by atoms with Gasteiger partial charge in [0.25, 0.3) is 0 Å². The number of halogens is 2. The number of hydrogen-bond donors (Lipinski definition) is 0. The molecule has 1 spiro atoms. The molecule has 0 N–H and O–H groups in total. The molecule has 3 heterocycles. The minimum Gasteiger partial charge on any atom is -0.331 e. The van der Waals surface area contributed by atoms with E-state index in [-0.39, 0.29) is 11.4 Å². The standard InChI is InChI=1S/C22H25F2N3O/c1-16-3-2-4-18(25-16)15-27-21(28)7-8-22(27)9-11-26(12-10-22)14-17-5-6-19(23)20(24)13-17/h2-6,13H,7-12,14-15H2,1H3. The maximum absolute atomic E-state index is 13.5. The number of rotatable bonds is 4. The fourth-order valence-electron chi connectivity index (χ4n) is 4.52. The second-order valence-electron chi connectivity index (χ2n) is 8.00. The largest absolute Gasteiger partial charge is 0.331 e. The molecule has 4 rings (SSSR count). The Labute approximate surface area is 164 Å². The Morgan fingerprint density at radius 1 is 1.04 bits per heavy atom. The van der Waals surface area contributed by atoms with E-state index in [2.05, 4.69) is 9.88 Å². The van der Waals surface area contributed by atoms with Gasteiger partial charge in [0.2, 0.25) is 5.91 Å². The molecule has 0 bridgehead atoms. The first-order valence-corrected chi connectivity index (χ1v) is 9.84. The zero-order valence-electron chi connectivity index (χ0n) is 16.1. The van der Waals surface area contributed by atoms with Crippen molar-refractivity contribution >= 4 is 5.91 Å². The number of aromatic nitrogens is 1. The van der Waals surface area contributed by atoms with Gasteiger partial charge >= 0.3 is 0 Å². The third kappa shape index (κ3) is 3.78. The molecular weight excluding hydrogens is 360 g/mol. The van der Waals surface area contributed by atoms with Gasteiger partial charge in [-0.25, -0.2) is 8.78 Å². The molecule has 148 valence electrons. The fraction of sp³-hybridized carbons (Fsp3) is 0.455. The molecule has 1 aromatic heterocycles. The van der Waals surface area contributed by atoms with E-state index in [1.54, 1.807) is 6.07 Å². The summed E-state index contributed by atoms with van der Waals surface area (Å²) >= 11 is 0. The third-order valence-corrected chi connectivity index (χ3v) is 6.12. The van der Waals surface area contributed by atoms with Crippen molar-refractivity contribution in [1.29, 1.82) is 0 Å². The number of amides is 1. The smallest absolute Gasteiger partial charge is 0.223 e. The number of aryl methyl sites for hydroxylation is 1. The van der Waals surface area contributed by atoms with Crippen LogP contribution in [-0.4, -0.2) is 39.3 Å². The van der Waals surface area contributed by atoms with Gasteiger partial charge in [-0.15, -0.1) is 0 Å². The number of likely N-dealkylation sites (tertiary alicyclic amines) is 2. The molecule has 0 saturated carbocycles. The van der Waals surface area contributed by atoms with E-state index in [4.69, 9.17) is 0 Å². The normalized spacial score (nSPS) is 19.5. The molecule has 0 radical (unpaired) electrons. The molecule has 2 aliphatic rings. The lowest BCUT2D eigenvalue weighted by molar-refractivity contribution is -0.133. The third-order valence-electron chi connectivity index (χ3n) is 6.12. The summed E-state index contributed by atoms with van der Waals surface area (Å²) in [5.74, 6) is -1.41. The summed E-state index contributed by atoms with van der Waals surface area (Å²) in [5.41, 5.74) is 2.56. The first-order valence-electron chi connectivity index (χ1n) is 9.84. The number of carbonyl (C=O) groups excluding carboxylic acids is 1. The van der Waals surface area contributed by atoms with Crippen molar-refractivity contribution in [3.05, 3.63) is 65.0 Å². The van der Waals surface area contributed by atoms with Crippen LogP contribution in [0.1, 0.15) is 42.6 Å². The number of nitrogens with zero attached hydrogens (tertiary/aromatic N) is 3. The van der Waals surface area contributed by atoms with Crippen molar-refractivity contribution in [3.8, 4) is 0 Å². The van der Waals surface area contributed by atoms with Gasteiger partial charge in [0.05, 0.1) is 12.2 Å². The predicted octanol–water partition coefficient (Wildman–Crippen LogP) is 3.83. The summed E-state index contributed by atoms with van der Waals surface area (Å²) in [5, 5.41) is 0. The van der Waals surface area contributed by atoms with Crippen molar-refractivity contribution in [2.24, 2.45) is 0 Å². The number of pyridine rings is 1. The monoisotopic (exact) mass is 385 g/mol. The fourth-order valence-corrected chi connectivity index (χ4v) is 4.52. The molecule has 2 saturated heterocycles. The molecule has 2 aliphatic heterocycles. The van der Waals surface area contributed by atoms with Crippen LogP contribution in [0, 0.1) is 18.6 Å². The zero-order chi connectivity index (χ0) is 19.7. The average molecular weight is 385 g/mol. The Morgan fingerprint density at radius 2 is 1.82 bits per heavy atom. The Kier molecular flexibility index (Phi) is 5.15. The summed E-state index contributed by atoms with van der Waals surface area (Å²) < 4.78 is 26.6. The summed E-state index contributed by atoms with van der Waals surface area (Å²) in [6.45, 7) is 4.79. The summed E-state index contributed by atoms with van der Waals surface area (Å²) in [6.07, 6.45) is 3.27. The molecule has 0 unspecified atom stereocenters. The van der Waals surface area contributed by atoms with Gasteiger partial charge in [0, 0.05) is 37.3 Å². The van der Waals surface area contributed by atoms with Crippen LogP contribution in [-0.2, 0) is 17.9 Å². The second kappa shape index (κ2) is 7.59. The highest BCUT2D eigenvalue weighted by Crippen LogP contribution is 2.40. The molecule has 1 aromatic carbocycles. The minimum absolute atomic E-state index is 0.104. The Morgan fingerprint density at radius 3 is 2.54 bits per heavy atom. The zero-order valence-corrected chi connectivity index (χ0v) is 16.1. The predicted molar refractivity (Wildman–Crippen MR) is 102 cm³/mol. The quantitative estimate of drug-likeness (QED) is 0.803. The highest BCUT2D eigenvalue weighted by atomic mass is 19.2. The van der Waals surface area contributed by atoms with Gasteiger partial charge in [-0.1, -0.05) is 12.1 Å². The van der Waals surface area contributed by atoms with Crippen molar-refractivity contribution < 1.29 is 13.6 Å². The van der Waals surface area contributed by atoms with Gasteiger partial charge in [-0.05, 0) is 56.0 Å². The van der Waals surface area contributed by atoms with E-state index in [0.717, 1.165) is 49.3 Å². The summed E-state index contributed by atoms with van der Waals surface area (Å²) in [6, 6.07) is 10.0. The lowest BCUT2D eigenvalue weighted by Crippen LogP contribution is -2.52. The molecule has 1 amide bonds. The van der Waals surface area contributed by atoms with Crippen molar-refractivity contribution in [1.82, 2.24) is 14.8 Å². The molecule has 6 heteroatoms. The molecule has 28 heavy (non-hydrogen) atoms. The van der Waals surface area contributed by atoms with Gasteiger partial charge < -0.3 is 4.90 Å². The van der Waals surface area contributed by atoms with E-state index < -0.39 is 11.6 Å². The van der Waals surface area contributed by atoms with Crippen molar-refractivity contribution in [3.63, 3.8) is 0 Å². The Bertz CT molecular complexity index is 878. The number of piperidine rings is 1. The lowest BCUT2D eigenvalue weighted by atomic mass is 9.84. The summed E-state index contributed by atoms with van der Waals surface area (Å²) in [7, 11) is 0. The van der Waals surface area contributed by atoms with Gasteiger partial charge in [-0.2, -0.15) is 0 Å². The molecule has 2 fully saturated rings. The second-order valence-corrected chi connectivity index (χ2v) is 8.00. The van der Waals surface area contributed by atoms with Gasteiger partial charge in [-0.3, -0.25) is 14.7 Å². The Hall–Kier alpha value is -2.34. The highest BCUT2D eigenvalue weighted by Gasteiger charge is 2.46. The van der Waals surface area contributed by atoms with E-state index in [1.165, 1.54) is 12.1 Å². The molecule has 0 aliphatic carbocycles. The molecule has 0 atom stereocenters. The van der Waals surface area contributed by atoms with E-state index in [9.17, 15) is 13.6 Å². The molecule has 2 aromatic rings. The van der Waals surface area contributed by atoms with Crippen molar-refractivity contribution in [2.75, 3.05) is 13.1 Å². The summed E-state index contributed by atoms with van der Waals surface area (Å²) in [4.78, 5) is 21.4. The molecule has 4 nitrogen and oxygen atoms in total. The van der Waals surface area contributed by atoms with Gasteiger partial charge in [0.1, 0.15) is 0 Å². The number of carbonyl (C=O) groups is 1. The van der Waals surface area contributed by atoms with Crippen LogP contribution >= 0.6 is 0 Å². The van der Waals surface area contributed by atoms with Crippen LogP contribution in [0.15, 0.2) is 36.4 Å². The number of benzene rings is 1. The van der Waals surface area contributed by atoms with E-state index in [1.807, 2.05) is 30.0 Å². The Balaban J connectivity index is 1.42.